The zero-order valence-corrected chi connectivity index (χ0v) is 14.7. The van der Waals surface area contributed by atoms with Gasteiger partial charge in [0.15, 0.2) is 0 Å². The third-order valence-corrected chi connectivity index (χ3v) is 5.11. The van der Waals surface area contributed by atoms with Gasteiger partial charge in [-0.25, -0.2) is 8.78 Å². The Hall–Kier alpha value is -3.60. The Morgan fingerprint density at radius 3 is 2.54 bits per heavy atom. The van der Waals surface area contributed by atoms with Gasteiger partial charge in [-0.2, -0.15) is 0 Å². The van der Waals surface area contributed by atoms with Crippen LogP contribution in [0, 0.1) is 11.6 Å². The van der Waals surface area contributed by atoms with E-state index < -0.39 is 11.6 Å². The lowest BCUT2D eigenvalue weighted by Gasteiger charge is -2.13. The predicted molar refractivity (Wildman–Crippen MR) is 104 cm³/mol. The second kappa shape index (κ2) is 6.23. The van der Waals surface area contributed by atoms with Gasteiger partial charge in [0.05, 0.1) is 0 Å². The molecular formula is C23H14F2N2O. The molecule has 0 atom stereocenters. The fraction of sp³-hybridized carbons (Fsp3) is 0.0435. The molecule has 0 unspecified atom stereocenters. The van der Waals surface area contributed by atoms with Gasteiger partial charge in [0.25, 0.3) is 5.91 Å². The van der Waals surface area contributed by atoms with Crippen LogP contribution in [0.4, 0.5) is 8.78 Å². The maximum atomic E-state index is 14.4. The molecule has 0 bridgehead atoms. The molecule has 0 saturated heterocycles. The van der Waals surface area contributed by atoms with Crippen molar-refractivity contribution < 1.29 is 13.6 Å². The number of nitrogens with zero attached hydrogens (tertiary/aromatic N) is 1. The summed E-state index contributed by atoms with van der Waals surface area (Å²) in [6, 6.07) is 14.9. The fourth-order valence-electron chi connectivity index (χ4n) is 3.72. The SMILES string of the molecule is O=C1NCc2c1cc(-c1ccc(F)cc1F)cc2-c1ccc2ccncc2c1. The molecule has 0 radical (unpaired) electrons. The van der Waals surface area contributed by atoms with Gasteiger partial charge in [-0.3, -0.25) is 9.78 Å². The molecule has 1 aliphatic heterocycles. The van der Waals surface area contributed by atoms with Crippen LogP contribution in [0.25, 0.3) is 33.0 Å². The van der Waals surface area contributed by atoms with E-state index in [4.69, 9.17) is 0 Å². The number of pyridine rings is 1. The summed E-state index contributed by atoms with van der Waals surface area (Å²) in [6.07, 6.45) is 3.52. The van der Waals surface area contributed by atoms with E-state index in [9.17, 15) is 13.6 Å². The molecule has 1 aliphatic rings. The highest BCUT2D eigenvalue weighted by molar-refractivity contribution is 6.02. The van der Waals surface area contributed by atoms with Crippen molar-refractivity contribution in [1.82, 2.24) is 10.3 Å². The Morgan fingerprint density at radius 2 is 1.68 bits per heavy atom. The highest BCUT2D eigenvalue weighted by Gasteiger charge is 2.24. The first-order valence-electron chi connectivity index (χ1n) is 8.85. The Balaban J connectivity index is 1.76. The zero-order valence-electron chi connectivity index (χ0n) is 14.7. The molecule has 0 spiro atoms. The summed E-state index contributed by atoms with van der Waals surface area (Å²) < 4.78 is 27.7. The number of fused-ring (bicyclic) bond motifs is 2. The third-order valence-electron chi connectivity index (χ3n) is 5.11. The van der Waals surface area contributed by atoms with Gasteiger partial charge < -0.3 is 5.32 Å². The van der Waals surface area contributed by atoms with E-state index in [0.717, 1.165) is 33.5 Å². The largest absolute Gasteiger partial charge is 0.348 e. The van der Waals surface area contributed by atoms with E-state index in [0.29, 0.717) is 17.7 Å². The van der Waals surface area contributed by atoms with Crippen LogP contribution in [-0.4, -0.2) is 10.9 Å². The molecule has 5 heteroatoms. The number of aromatic nitrogens is 1. The first kappa shape index (κ1) is 16.6. The van der Waals surface area contributed by atoms with E-state index in [-0.39, 0.29) is 11.5 Å². The van der Waals surface area contributed by atoms with Crippen LogP contribution in [-0.2, 0) is 6.54 Å². The van der Waals surface area contributed by atoms with Crippen molar-refractivity contribution in [2.24, 2.45) is 0 Å². The summed E-state index contributed by atoms with van der Waals surface area (Å²) in [6.45, 7) is 0.417. The lowest BCUT2D eigenvalue weighted by atomic mass is 9.91. The molecule has 2 heterocycles. The van der Waals surface area contributed by atoms with Gasteiger partial charge in [0.2, 0.25) is 0 Å². The van der Waals surface area contributed by atoms with E-state index in [1.807, 2.05) is 30.3 Å². The van der Waals surface area contributed by atoms with Crippen molar-refractivity contribution in [2.75, 3.05) is 0 Å². The summed E-state index contributed by atoms with van der Waals surface area (Å²) in [5, 5.41) is 4.87. The van der Waals surface area contributed by atoms with Gasteiger partial charge in [0, 0.05) is 41.5 Å². The number of benzene rings is 3. The van der Waals surface area contributed by atoms with Gasteiger partial charge >= 0.3 is 0 Å². The number of halogens is 2. The molecule has 28 heavy (non-hydrogen) atoms. The van der Waals surface area contributed by atoms with E-state index in [1.165, 1.54) is 12.1 Å². The molecular weight excluding hydrogens is 358 g/mol. The predicted octanol–water partition coefficient (Wildman–Crippen LogP) is 5.09. The minimum atomic E-state index is -0.660. The van der Waals surface area contributed by atoms with Crippen LogP contribution in [0.1, 0.15) is 15.9 Å². The number of nitrogens with one attached hydrogen (secondary N) is 1. The van der Waals surface area contributed by atoms with Crippen LogP contribution in [0.5, 0.6) is 0 Å². The number of hydrogen-bond acceptors (Lipinski definition) is 2. The standard InChI is InChI=1S/C23H14F2N2O/c24-17-3-4-18(22(25)10-17)15-8-19(21-12-27-23(28)20(21)9-15)14-2-1-13-5-6-26-11-16(13)7-14/h1-11H,12H2,(H,27,28). The summed E-state index contributed by atoms with van der Waals surface area (Å²) in [5.74, 6) is -1.49. The van der Waals surface area contributed by atoms with Crippen molar-refractivity contribution in [1.29, 1.82) is 0 Å². The second-order valence-corrected chi connectivity index (χ2v) is 6.79. The highest BCUT2D eigenvalue weighted by Crippen LogP contribution is 2.36. The Kier molecular flexibility index (Phi) is 3.69. The molecule has 4 aromatic rings. The van der Waals surface area contributed by atoms with Crippen molar-refractivity contribution in [2.45, 2.75) is 6.54 Å². The molecule has 0 fully saturated rings. The topological polar surface area (TPSA) is 42.0 Å². The van der Waals surface area contributed by atoms with Crippen LogP contribution in [0.2, 0.25) is 0 Å². The summed E-state index contributed by atoms with van der Waals surface area (Å²) >= 11 is 0. The van der Waals surface area contributed by atoms with Crippen molar-refractivity contribution in [3.63, 3.8) is 0 Å². The van der Waals surface area contributed by atoms with E-state index in [2.05, 4.69) is 10.3 Å². The minimum absolute atomic E-state index is 0.192. The molecule has 0 saturated carbocycles. The Labute approximate surface area is 159 Å². The van der Waals surface area contributed by atoms with E-state index in [1.54, 1.807) is 18.5 Å². The van der Waals surface area contributed by atoms with Crippen LogP contribution in [0.3, 0.4) is 0 Å². The molecule has 1 amide bonds. The summed E-state index contributed by atoms with van der Waals surface area (Å²) in [7, 11) is 0. The Morgan fingerprint density at radius 1 is 0.821 bits per heavy atom. The first-order chi connectivity index (χ1) is 13.6. The number of hydrogen-bond donors (Lipinski definition) is 1. The molecule has 3 aromatic carbocycles. The van der Waals surface area contributed by atoms with Crippen molar-refractivity contribution in [3.8, 4) is 22.3 Å². The normalized spacial score (nSPS) is 12.9. The van der Waals surface area contributed by atoms with Crippen LogP contribution in [0.15, 0.2) is 67.0 Å². The average Bonchev–Trinajstić information content (AvgIpc) is 3.08. The summed E-state index contributed by atoms with van der Waals surface area (Å²) in [5.41, 5.74) is 3.95. The van der Waals surface area contributed by atoms with Crippen LogP contribution >= 0.6 is 0 Å². The fourth-order valence-corrected chi connectivity index (χ4v) is 3.72. The van der Waals surface area contributed by atoms with Gasteiger partial charge in [-0.15, -0.1) is 0 Å². The average molecular weight is 372 g/mol. The van der Waals surface area contributed by atoms with E-state index >= 15 is 0 Å². The molecule has 1 N–H and O–H groups in total. The number of carbonyl (C=O) groups is 1. The second-order valence-electron chi connectivity index (χ2n) is 6.79. The smallest absolute Gasteiger partial charge is 0.251 e. The van der Waals surface area contributed by atoms with Crippen molar-refractivity contribution in [3.05, 3.63) is 89.8 Å². The molecule has 136 valence electrons. The van der Waals surface area contributed by atoms with Gasteiger partial charge in [-0.05, 0) is 64.0 Å². The number of rotatable bonds is 2. The zero-order chi connectivity index (χ0) is 19.3. The quantitative estimate of drug-likeness (QED) is 0.533. The molecule has 3 nitrogen and oxygen atoms in total. The number of carbonyl (C=O) groups excluding carboxylic acids is 1. The minimum Gasteiger partial charge on any atom is -0.348 e. The molecule has 1 aromatic heterocycles. The molecule has 0 aliphatic carbocycles. The summed E-state index contributed by atoms with van der Waals surface area (Å²) in [4.78, 5) is 16.5. The Bertz CT molecular complexity index is 1270. The molecule has 5 rings (SSSR count). The third kappa shape index (κ3) is 2.63. The first-order valence-corrected chi connectivity index (χ1v) is 8.85. The maximum absolute atomic E-state index is 14.4. The lowest BCUT2D eigenvalue weighted by Crippen LogP contribution is -2.12. The van der Waals surface area contributed by atoms with Gasteiger partial charge in [0.1, 0.15) is 11.6 Å². The van der Waals surface area contributed by atoms with Gasteiger partial charge in [-0.1, -0.05) is 12.1 Å². The maximum Gasteiger partial charge on any atom is 0.251 e. The lowest BCUT2D eigenvalue weighted by molar-refractivity contribution is 0.0966. The highest BCUT2D eigenvalue weighted by atomic mass is 19.1. The number of amides is 1. The monoisotopic (exact) mass is 372 g/mol. The van der Waals surface area contributed by atoms with Crippen molar-refractivity contribution >= 4 is 16.7 Å². The van der Waals surface area contributed by atoms with Crippen LogP contribution < -0.4 is 5.32 Å².